The second-order valence-corrected chi connectivity index (χ2v) is 8.56. The van der Waals surface area contributed by atoms with Crippen LogP contribution in [0, 0.1) is 25.5 Å². The molecular formula is C22H20F2N2O3S. The molecule has 0 fully saturated rings. The first-order valence-corrected chi connectivity index (χ1v) is 10.6. The minimum Gasteiger partial charge on any atom is -0.322 e. The van der Waals surface area contributed by atoms with Gasteiger partial charge in [-0.3, -0.25) is 4.79 Å². The van der Waals surface area contributed by atoms with E-state index in [0.29, 0.717) is 11.3 Å². The van der Waals surface area contributed by atoms with E-state index in [4.69, 9.17) is 0 Å². The Morgan fingerprint density at radius 1 is 0.967 bits per heavy atom. The van der Waals surface area contributed by atoms with Crippen LogP contribution in [-0.2, 0) is 16.6 Å². The van der Waals surface area contributed by atoms with Gasteiger partial charge in [0.1, 0.15) is 11.6 Å². The fraction of sp³-hybridized carbons (Fsp3) is 0.136. The molecule has 0 radical (unpaired) electrons. The Hall–Kier alpha value is -3.10. The Morgan fingerprint density at radius 3 is 2.37 bits per heavy atom. The first kappa shape index (κ1) is 21.6. The molecule has 8 heteroatoms. The highest BCUT2D eigenvalue weighted by atomic mass is 32.2. The van der Waals surface area contributed by atoms with Crippen molar-refractivity contribution in [3.8, 4) is 0 Å². The highest BCUT2D eigenvalue weighted by Crippen LogP contribution is 2.21. The van der Waals surface area contributed by atoms with Gasteiger partial charge in [-0.25, -0.2) is 21.9 Å². The fourth-order valence-corrected chi connectivity index (χ4v) is 3.83. The van der Waals surface area contributed by atoms with Crippen LogP contribution >= 0.6 is 0 Å². The van der Waals surface area contributed by atoms with Gasteiger partial charge in [0.25, 0.3) is 5.91 Å². The van der Waals surface area contributed by atoms with Gasteiger partial charge in [0.2, 0.25) is 10.0 Å². The van der Waals surface area contributed by atoms with Gasteiger partial charge < -0.3 is 5.32 Å². The lowest BCUT2D eigenvalue weighted by atomic mass is 10.1. The summed E-state index contributed by atoms with van der Waals surface area (Å²) in [6.45, 7) is 3.62. The van der Waals surface area contributed by atoms with Crippen molar-refractivity contribution in [2.75, 3.05) is 5.32 Å². The monoisotopic (exact) mass is 430 g/mol. The zero-order valence-corrected chi connectivity index (χ0v) is 17.2. The molecule has 0 saturated heterocycles. The van der Waals surface area contributed by atoms with Gasteiger partial charge in [0.05, 0.1) is 10.5 Å². The van der Waals surface area contributed by atoms with Gasteiger partial charge in [-0.05, 0) is 66.9 Å². The van der Waals surface area contributed by atoms with Crippen LogP contribution in [0.15, 0.2) is 65.6 Å². The molecule has 1 amide bonds. The Morgan fingerprint density at radius 2 is 1.67 bits per heavy atom. The van der Waals surface area contributed by atoms with E-state index in [-0.39, 0.29) is 17.0 Å². The normalized spacial score (nSPS) is 11.3. The van der Waals surface area contributed by atoms with Crippen LogP contribution < -0.4 is 10.0 Å². The number of aryl methyl sites for hydroxylation is 1. The highest BCUT2D eigenvalue weighted by Gasteiger charge is 2.20. The Kier molecular flexibility index (Phi) is 6.28. The van der Waals surface area contributed by atoms with Crippen molar-refractivity contribution in [3.63, 3.8) is 0 Å². The average Bonchev–Trinajstić information content (AvgIpc) is 2.71. The molecular weight excluding hydrogens is 410 g/mol. The minimum atomic E-state index is -4.02. The molecule has 0 atom stereocenters. The third kappa shape index (κ3) is 4.90. The van der Waals surface area contributed by atoms with E-state index >= 15 is 0 Å². The summed E-state index contributed by atoms with van der Waals surface area (Å²) in [6.07, 6.45) is 0. The molecule has 0 aliphatic heterocycles. The molecule has 0 bridgehead atoms. The standard InChI is InChI=1S/C22H20F2N2O3S/c1-14-4-3-5-21(15(14)2)26-22(27)19-12-18(10-11-20(19)24)30(28,29)25-13-16-6-8-17(23)9-7-16/h3-12,25H,13H2,1-2H3,(H,26,27). The number of carbonyl (C=O) groups is 1. The van der Waals surface area contributed by atoms with Crippen molar-refractivity contribution >= 4 is 21.6 Å². The van der Waals surface area contributed by atoms with Crippen molar-refractivity contribution < 1.29 is 22.0 Å². The van der Waals surface area contributed by atoms with E-state index in [1.807, 2.05) is 19.9 Å². The van der Waals surface area contributed by atoms with Crippen LogP contribution in [0.2, 0.25) is 0 Å². The highest BCUT2D eigenvalue weighted by molar-refractivity contribution is 7.89. The molecule has 3 aromatic carbocycles. The summed E-state index contributed by atoms with van der Waals surface area (Å²) < 4.78 is 54.8. The zero-order chi connectivity index (χ0) is 21.9. The van der Waals surface area contributed by atoms with E-state index in [9.17, 15) is 22.0 Å². The minimum absolute atomic E-state index is 0.0794. The molecule has 0 saturated carbocycles. The fourth-order valence-electron chi connectivity index (χ4n) is 2.79. The summed E-state index contributed by atoms with van der Waals surface area (Å²) >= 11 is 0. The third-order valence-electron chi connectivity index (χ3n) is 4.73. The first-order chi connectivity index (χ1) is 14.2. The van der Waals surface area contributed by atoms with Gasteiger partial charge >= 0.3 is 0 Å². The van der Waals surface area contributed by atoms with Crippen LogP contribution in [-0.4, -0.2) is 14.3 Å². The topological polar surface area (TPSA) is 75.3 Å². The van der Waals surface area contributed by atoms with E-state index < -0.39 is 27.6 Å². The Bertz CT molecular complexity index is 1190. The summed E-state index contributed by atoms with van der Waals surface area (Å²) in [6, 6.07) is 13.7. The van der Waals surface area contributed by atoms with Crippen molar-refractivity contribution in [2.45, 2.75) is 25.3 Å². The molecule has 0 aliphatic carbocycles. The third-order valence-corrected chi connectivity index (χ3v) is 6.12. The van der Waals surface area contributed by atoms with E-state index in [0.717, 1.165) is 29.3 Å². The molecule has 0 heterocycles. The number of hydrogen-bond donors (Lipinski definition) is 2. The molecule has 0 spiro atoms. The van der Waals surface area contributed by atoms with Crippen LogP contribution in [0.3, 0.4) is 0 Å². The zero-order valence-electron chi connectivity index (χ0n) is 16.4. The summed E-state index contributed by atoms with van der Waals surface area (Å²) in [5.41, 5.74) is 2.46. The predicted octanol–water partition coefficient (Wildman–Crippen LogP) is 4.31. The maximum atomic E-state index is 14.3. The van der Waals surface area contributed by atoms with Crippen molar-refractivity contribution in [3.05, 3.63) is 94.6 Å². The molecule has 0 aliphatic rings. The van der Waals surface area contributed by atoms with Crippen LogP contribution in [0.4, 0.5) is 14.5 Å². The molecule has 3 aromatic rings. The number of sulfonamides is 1. The molecule has 30 heavy (non-hydrogen) atoms. The van der Waals surface area contributed by atoms with E-state index in [2.05, 4.69) is 10.0 Å². The van der Waals surface area contributed by atoms with Gasteiger partial charge in [0, 0.05) is 12.2 Å². The molecule has 156 valence electrons. The molecule has 0 unspecified atom stereocenters. The summed E-state index contributed by atoms with van der Waals surface area (Å²) in [5, 5.41) is 2.62. The van der Waals surface area contributed by atoms with Crippen LogP contribution in [0.25, 0.3) is 0 Å². The maximum absolute atomic E-state index is 14.3. The van der Waals surface area contributed by atoms with Crippen molar-refractivity contribution in [1.82, 2.24) is 4.72 Å². The van der Waals surface area contributed by atoms with Crippen molar-refractivity contribution in [1.29, 1.82) is 0 Å². The number of benzene rings is 3. The Labute approximate surface area is 173 Å². The second kappa shape index (κ2) is 8.73. The van der Waals surface area contributed by atoms with Crippen LogP contribution in [0.5, 0.6) is 0 Å². The predicted molar refractivity (Wildman–Crippen MR) is 111 cm³/mol. The molecule has 2 N–H and O–H groups in total. The van der Waals surface area contributed by atoms with Crippen LogP contribution in [0.1, 0.15) is 27.0 Å². The second-order valence-electron chi connectivity index (χ2n) is 6.79. The van der Waals surface area contributed by atoms with E-state index in [1.54, 1.807) is 12.1 Å². The number of halogens is 2. The lowest BCUT2D eigenvalue weighted by molar-refractivity contribution is 0.102. The van der Waals surface area contributed by atoms with Gasteiger partial charge in [0.15, 0.2) is 0 Å². The number of amides is 1. The molecule has 5 nitrogen and oxygen atoms in total. The largest absolute Gasteiger partial charge is 0.322 e. The SMILES string of the molecule is Cc1cccc(NC(=O)c2cc(S(=O)(=O)NCc3ccc(F)cc3)ccc2F)c1C. The van der Waals surface area contributed by atoms with Gasteiger partial charge in [-0.2, -0.15) is 0 Å². The quantitative estimate of drug-likeness (QED) is 0.612. The molecule has 3 rings (SSSR count). The molecule has 0 aromatic heterocycles. The van der Waals surface area contributed by atoms with Gasteiger partial charge in [-0.1, -0.05) is 24.3 Å². The number of hydrogen-bond acceptors (Lipinski definition) is 3. The van der Waals surface area contributed by atoms with E-state index in [1.165, 1.54) is 24.3 Å². The Balaban J connectivity index is 1.82. The maximum Gasteiger partial charge on any atom is 0.258 e. The first-order valence-electron chi connectivity index (χ1n) is 9.08. The smallest absolute Gasteiger partial charge is 0.258 e. The number of rotatable bonds is 6. The summed E-state index contributed by atoms with van der Waals surface area (Å²) in [4.78, 5) is 12.3. The average molecular weight is 430 g/mol. The summed E-state index contributed by atoms with van der Waals surface area (Å²) in [7, 11) is -4.02. The number of anilines is 1. The lowest BCUT2D eigenvalue weighted by Gasteiger charge is -2.12. The number of carbonyl (C=O) groups excluding carboxylic acids is 1. The lowest BCUT2D eigenvalue weighted by Crippen LogP contribution is -2.24. The van der Waals surface area contributed by atoms with Crippen molar-refractivity contribution in [2.24, 2.45) is 0 Å². The number of nitrogens with one attached hydrogen (secondary N) is 2. The summed E-state index contributed by atoms with van der Waals surface area (Å²) in [5.74, 6) is -2.02. The van der Waals surface area contributed by atoms with Gasteiger partial charge in [-0.15, -0.1) is 0 Å².